The van der Waals surface area contributed by atoms with Gasteiger partial charge in [-0.15, -0.1) is 11.3 Å². The van der Waals surface area contributed by atoms with E-state index in [4.69, 9.17) is 10.1 Å². The Hall–Kier alpha value is -1.39. The Morgan fingerprint density at radius 2 is 2.14 bits per heavy atom. The molecule has 0 saturated carbocycles. The van der Waals surface area contributed by atoms with Gasteiger partial charge in [-0.05, 0) is 49.3 Å². The SMILES string of the molecule is CC1CCc2nc(CNc3ccc(CCO)cc3)sc2C1. The van der Waals surface area contributed by atoms with Gasteiger partial charge in [0.1, 0.15) is 5.01 Å². The summed E-state index contributed by atoms with van der Waals surface area (Å²) in [6.45, 7) is 3.33. The van der Waals surface area contributed by atoms with Gasteiger partial charge < -0.3 is 10.4 Å². The molecule has 0 saturated heterocycles. The molecule has 1 heterocycles. The smallest absolute Gasteiger partial charge is 0.112 e. The van der Waals surface area contributed by atoms with Crippen molar-refractivity contribution in [3.05, 3.63) is 45.4 Å². The molecule has 2 N–H and O–H groups in total. The number of aryl methyl sites for hydroxylation is 1. The summed E-state index contributed by atoms with van der Waals surface area (Å²) in [5.74, 6) is 0.804. The molecule has 0 bridgehead atoms. The molecule has 1 aliphatic carbocycles. The number of aliphatic hydroxyl groups excluding tert-OH is 1. The summed E-state index contributed by atoms with van der Waals surface area (Å²) in [5.41, 5.74) is 3.60. The summed E-state index contributed by atoms with van der Waals surface area (Å²) in [6.07, 6.45) is 4.33. The lowest BCUT2D eigenvalue weighted by molar-refractivity contribution is 0.299. The Morgan fingerprint density at radius 1 is 1.33 bits per heavy atom. The van der Waals surface area contributed by atoms with Crippen LogP contribution in [0.1, 0.15) is 34.5 Å². The van der Waals surface area contributed by atoms with Crippen LogP contribution in [-0.4, -0.2) is 16.7 Å². The minimum atomic E-state index is 0.204. The number of aromatic nitrogens is 1. The van der Waals surface area contributed by atoms with Crippen LogP contribution in [0, 0.1) is 5.92 Å². The summed E-state index contributed by atoms with van der Waals surface area (Å²) >= 11 is 1.86. The molecule has 0 aliphatic heterocycles. The van der Waals surface area contributed by atoms with Crippen molar-refractivity contribution in [2.24, 2.45) is 5.92 Å². The first-order valence-electron chi connectivity index (χ1n) is 7.65. The summed E-state index contributed by atoms with van der Waals surface area (Å²) in [4.78, 5) is 6.26. The number of benzene rings is 1. The first kappa shape index (κ1) is 14.5. The van der Waals surface area contributed by atoms with Crippen LogP contribution in [0.5, 0.6) is 0 Å². The predicted molar refractivity (Wildman–Crippen MR) is 87.9 cm³/mol. The molecule has 1 aromatic carbocycles. The second-order valence-electron chi connectivity index (χ2n) is 5.85. The maximum absolute atomic E-state index is 8.92. The third-order valence-electron chi connectivity index (χ3n) is 4.03. The van der Waals surface area contributed by atoms with Crippen molar-refractivity contribution in [3.63, 3.8) is 0 Å². The van der Waals surface area contributed by atoms with Crippen molar-refractivity contribution in [2.45, 2.75) is 39.2 Å². The standard InChI is InChI=1S/C17H22N2OS/c1-12-2-7-15-16(10-12)21-17(19-15)11-18-14-5-3-13(4-6-14)8-9-20/h3-6,12,18,20H,2,7-11H2,1H3. The minimum Gasteiger partial charge on any atom is -0.396 e. The van der Waals surface area contributed by atoms with Crippen molar-refractivity contribution >= 4 is 17.0 Å². The zero-order valence-corrected chi connectivity index (χ0v) is 13.2. The Labute approximate surface area is 130 Å². The highest BCUT2D eigenvalue weighted by Gasteiger charge is 2.19. The molecule has 4 heteroatoms. The lowest BCUT2D eigenvalue weighted by atomic mass is 9.93. The fourth-order valence-electron chi connectivity index (χ4n) is 2.76. The van der Waals surface area contributed by atoms with Gasteiger partial charge in [0.25, 0.3) is 0 Å². The van der Waals surface area contributed by atoms with Crippen LogP contribution in [0.4, 0.5) is 5.69 Å². The van der Waals surface area contributed by atoms with E-state index in [1.165, 1.54) is 34.0 Å². The highest BCUT2D eigenvalue weighted by Crippen LogP contribution is 2.30. The Balaban J connectivity index is 1.60. The maximum atomic E-state index is 8.92. The lowest BCUT2D eigenvalue weighted by Gasteiger charge is -2.15. The molecular weight excluding hydrogens is 280 g/mol. The van der Waals surface area contributed by atoms with Crippen LogP contribution < -0.4 is 5.32 Å². The second kappa shape index (κ2) is 6.58. The lowest BCUT2D eigenvalue weighted by Crippen LogP contribution is -2.09. The molecule has 0 fully saturated rings. The minimum absolute atomic E-state index is 0.204. The first-order chi connectivity index (χ1) is 10.2. The van der Waals surface area contributed by atoms with E-state index < -0.39 is 0 Å². The zero-order valence-electron chi connectivity index (χ0n) is 12.4. The molecule has 21 heavy (non-hydrogen) atoms. The monoisotopic (exact) mass is 302 g/mol. The average Bonchev–Trinajstić information content (AvgIpc) is 2.89. The molecule has 1 aromatic heterocycles. The van der Waals surface area contributed by atoms with E-state index in [9.17, 15) is 0 Å². The molecule has 3 nitrogen and oxygen atoms in total. The maximum Gasteiger partial charge on any atom is 0.112 e. The van der Waals surface area contributed by atoms with E-state index in [2.05, 4.69) is 36.5 Å². The Kier molecular flexibility index (Phi) is 4.56. The highest BCUT2D eigenvalue weighted by atomic mass is 32.1. The summed E-state index contributed by atoms with van der Waals surface area (Å²) in [5, 5.41) is 13.5. The number of fused-ring (bicyclic) bond motifs is 1. The molecule has 1 aliphatic rings. The average molecular weight is 302 g/mol. The van der Waals surface area contributed by atoms with Gasteiger partial charge in [0.2, 0.25) is 0 Å². The van der Waals surface area contributed by atoms with Gasteiger partial charge in [0.15, 0.2) is 0 Å². The number of anilines is 1. The van der Waals surface area contributed by atoms with Gasteiger partial charge in [-0.2, -0.15) is 0 Å². The molecule has 0 amide bonds. The van der Waals surface area contributed by atoms with Crippen molar-refractivity contribution in [1.82, 2.24) is 4.98 Å². The van der Waals surface area contributed by atoms with Crippen LogP contribution in [-0.2, 0) is 25.8 Å². The van der Waals surface area contributed by atoms with Gasteiger partial charge in [-0.1, -0.05) is 19.1 Å². The van der Waals surface area contributed by atoms with Crippen molar-refractivity contribution < 1.29 is 5.11 Å². The van der Waals surface area contributed by atoms with Gasteiger partial charge in [0.05, 0.1) is 12.2 Å². The van der Waals surface area contributed by atoms with Gasteiger partial charge in [0, 0.05) is 17.2 Å². The summed E-state index contributed by atoms with van der Waals surface area (Å²) in [6, 6.07) is 8.27. The zero-order chi connectivity index (χ0) is 14.7. The van der Waals surface area contributed by atoms with Crippen molar-refractivity contribution in [3.8, 4) is 0 Å². The molecule has 1 atom stereocenters. The number of hydrogen-bond donors (Lipinski definition) is 2. The molecule has 0 spiro atoms. The van der Waals surface area contributed by atoms with E-state index in [1.54, 1.807) is 0 Å². The normalized spacial score (nSPS) is 17.5. The van der Waals surface area contributed by atoms with Gasteiger partial charge in [-0.25, -0.2) is 4.98 Å². The third kappa shape index (κ3) is 3.63. The number of thiazole rings is 1. The van der Waals surface area contributed by atoms with Crippen LogP contribution >= 0.6 is 11.3 Å². The summed E-state index contributed by atoms with van der Waals surface area (Å²) in [7, 11) is 0. The topological polar surface area (TPSA) is 45.2 Å². The quantitative estimate of drug-likeness (QED) is 0.889. The van der Waals surface area contributed by atoms with Crippen molar-refractivity contribution in [1.29, 1.82) is 0 Å². The first-order valence-corrected chi connectivity index (χ1v) is 8.47. The van der Waals surface area contributed by atoms with E-state index in [0.717, 1.165) is 31.0 Å². The third-order valence-corrected chi connectivity index (χ3v) is 5.15. The molecule has 1 unspecified atom stereocenters. The van der Waals surface area contributed by atoms with Crippen LogP contribution in [0.25, 0.3) is 0 Å². The van der Waals surface area contributed by atoms with Crippen molar-refractivity contribution in [2.75, 3.05) is 11.9 Å². The highest BCUT2D eigenvalue weighted by molar-refractivity contribution is 7.11. The van der Waals surface area contributed by atoms with E-state index in [1.807, 2.05) is 11.3 Å². The van der Waals surface area contributed by atoms with Crippen LogP contribution in [0.3, 0.4) is 0 Å². The summed E-state index contributed by atoms with van der Waals surface area (Å²) < 4.78 is 0. The molecule has 2 aromatic rings. The number of nitrogens with one attached hydrogen (secondary N) is 1. The van der Waals surface area contributed by atoms with E-state index in [-0.39, 0.29) is 6.61 Å². The second-order valence-corrected chi connectivity index (χ2v) is 7.02. The van der Waals surface area contributed by atoms with Crippen LogP contribution in [0.2, 0.25) is 0 Å². The van der Waals surface area contributed by atoms with Crippen LogP contribution in [0.15, 0.2) is 24.3 Å². The fourth-order valence-corrected chi connectivity index (χ4v) is 3.98. The predicted octanol–water partition coefficient (Wildman–Crippen LogP) is 3.41. The molecular formula is C17H22N2OS. The Morgan fingerprint density at radius 3 is 2.90 bits per heavy atom. The molecule has 3 rings (SSSR count). The van der Waals surface area contributed by atoms with E-state index >= 15 is 0 Å². The number of hydrogen-bond acceptors (Lipinski definition) is 4. The Bertz CT molecular complexity index is 591. The van der Waals surface area contributed by atoms with Gasteiger partial charge >= 0.3 is 0 Å². The van der Waals surface area contributed by atoms with Gasteiger partial charge in [-0.3, -0.25) is 0 Å². The molecule has 0 radical (unpaired) electrons. The fraction of sp³-hybridized carbons (Fsp3) is 0.471. The number of rotatable bonds is 5. The largest absolute Gasteiger partial charge is 0.396 e. The number of nitrogens with zero attached hydrogens (tertiary/aromatic N) is 1. The number of aliphatic hydroxyl groups is 1. The van der Waals surface area contributed by atoms with E-state index in [0.29, 0.717) is 0 Å². The molecule has 112 valence electrons.